The van der Waals surface area contributed by atoms with Crippen molar-refractivity contribution in [2.24, 2.45) is 0 Å². The molecule has 0 aliphatic heterocycles. The van der Waals surface area contributed by atoms with Crippen molar-refractivity contribution in [3.63, 3.8) is 0 Å². The summed E-state index contributed by atoms with van der Waals surface area (Å²) in [6, 6.07) is 6.93. The molecule has 1 heterocycles. The van der Waals surface area contributed by atoms with Crippen molar-refractivity contribution in [2.45, 2.75) is 26.5 Å². The van der Waals surface area contributed by atoms with Gasteiger partial charge in [-0.15, -0.1) is 0 Å². The molecule has 0 atom stereocenters. The van der Waals surface area contributed by atoms with Gasteiger partial charge in [0.1, 0.15) is 18.1 Å². The van der Waals surface area contributed by atoms with Gasteiger partial charge < -0.3 is 20.1 Å². The van der Waals surface area contributed by atoms with E-state index in [-0.39, 0.29) is 11.8 Å². The minimum Gasteiger partial charge on any atom is -0.508 e. The smallest absolute Gasteiger partial charge is 0.200 e. The van der Waals surface area contributed by atoms with Gasteiger partial charge in [-0.1, -0.05) is 6.07 Å². The van der Waals surface area contributed by atoms with Gasteiger partial charge in [0.2, 0.25) is 5.95 Å². The van der Waals surface area contributed by atoms with E-state index in [9.17, 15) is 5.11 Å². The second-order valence-corrected chi connectivity index (χ2v) is 4.36. The average Bonchev–Trinajstić information content (AvgIpc) is 2.68. The van der Waals surface area contributed by atoms with Crippen LogP contribution in [0, 0.1) is 0 Å². The van der Waals surface area contributed by atoms with Crippen molar-refractivity contribution in [3.05, 3.63) is 36.2 Å². The van der Waals surface area contributed by atoms with Crippen LogP contribution in [0.1, 0.15) is 25.6 Å². The van der Waals surface area contributed by atoms with Gasteiger partial charge in [0.15, 0.2) is 0 Å². The van der Waals surface area contributed by atoms with Crippen LogP contribution in [-0.2, 0) is 6.61 Å². The predicted octanol–water partition coefficient (Wildman–Crippen LogP) is 2.33. The molecule has 3 N–H and O–H groups in total. The molecule has 96 valence electrons. The Morgan fingerprint density at radius 3 is 2.89 bits per heavy atom. The Balaban J connectivity index is 2.11. The molecule has 2 aromatic rings. The fourth-order valence-corrected chi connectivity index (χ4v) is 1.85. The molecule has 18 heavy (non-hydrogen) atoms. The molecule has 0 radical (unpaired) electrons. The summed E-state index contributed by atoms with van der Waals surface area (Å²) in [5, 5.41) is 9.34. The molecule has 0 unspecified atom stereocenters. The number of nitrogens with zero attached hydrogens (tertiary/aromatic N) is 2. The molecular weight excluding hydrogens is 230 g/mol. The summed E-state index contributed by atoms with van der Waals surface area (Å²) >= 11 is 0. The Morgan fingerprint density at radius 1 is 1.44 bits per heavy atom. The van der Waals surface area contributed by atoms with Gasteiger partial charge in [0.25, 0.3) is 0 Å². The third-order valence-electron chi connectivity index (χ3n) is 2.62. The highest BCUT2D eigenvalue weighted by atomic mass is 16.5. The van der Waals surface area contributed by atoms with Crippen LogP contribution in [0.2, 0.25) is 0 Å². The zero-order chi connectivity index (χ0) is 13.1. The molecule has 0 amide bonds. The molecule has 2 rings (SSSR count). The summed E-state index contributed by atoms with van der Waals surface area (Å²) < 4.78 is 7.52. The lowest BCUT2D eigenvalue weighted by Gasteiger charge is -2.14. The number of anilines is 1. The molecule has 1 aromatic carbocycles. The van der Waals surface area contributed by atoms with Gasteiger partial charge in [-0.05, 0) is 26.0 Å². The van der Waals surface area contributed by atoms with Crippen molar-refractivity contribution in [2.75, 3.05) is 5.73 Å². The van der Waals surface area contributed by atoms with Crippen molar-refractivity contribution in [3.8, 4) is 11.5 Å². The minimum atomic E-state index is 0.185. The zero-order valence-corrected chi connectivity index (χ0v) is 10.5. The fraction of sp³-hybridized carbons (Fsp3) is 0.308. The lowest BCUT2D eigenvalue weighted by Crippen LogP contribution is -2.11. The van der Waals surface area contributed by atoms with Crippen molar-refractivity contribution in [1.29, 1.82) is 0 Å². The maximum absolute atomic E-state index is 9.34. The third-order valence-corrected chi connectivity index (χ3v) is 2.62. The second-order valence-electron chi connectivity index (χ2n) is 4.36. The highest BCUT2D eigenvalue weighted by Crippen LogP contribution is 2.21. The largest absolute Gasteiger partial charge is 0.508 e. The van der Waals surface area contributed by atoms with Gasteiger partial charge >= 0.3 is 0 Å². The maximum Gasteiger partial charge on any atom is 0.200 e. The van der Waals surface area contributed by atoms with Crippen LogP contribution >= 0.6 is 0 Å². The average molecular weight is 247 g/mol. The number of benzene rings is 1. The maximum atomic E-state index is 9.34. The molecule has 5 heteroatoms. The molecule has 0 bridgehead atoms. The summed E-state index contributed by atoms with van der Waals surface area (Å²) in [7, 11) is 0. The number of hydrogen-bond acceptors (Lipinski definition) is 4. The van der Waals surface area contributed by atoms with Crippen molar-refractivity contribution >= 4 is 5.95 Å². The Morgan fingerprint density at radius 2 is 2.22 bits per heavy atom. The Bertz CT molecular complexity index is 535. The standard InChI is InChI=1S/C13H17N3O2/c1-9(2)16-10(7-15-13(16)14)8-18-12-5-3-4-11(17)6-12/h3-7,9,17H,8H2,1-2H3,(H2,14,15). The number of nitrogens with two attached hydrogens (primary N) is 1. The molecular formula is C13H17N3O2. The van der Waals surface area contributed by atoms with Crippen LogP contribution in [0.25, 0.3) is 0 Å². The van der Waals surface area contributed by atoms with Gasteiger partial charge in [0.05, 0.1) is 11.9 Å². The van der Waals surface area contributed by atoms with Crippen LogP contribution in [0.4, 0.5) is 5.95 Å². The number of aromatic hydroxyl groups is 1. The van der Waals surface area contributed by atoms with E-state index in [1.54, 1.807) is 30.5 Å². The molecule has 5 nitrogen and oxygen atoms in total. The zero-order valence-electron chi connectivity index (χ0n) is 10.5. The topological polar surface area (TPSA) is 73.3 Å². The summed E-state index contributed by atoms with van der Waals surface area (Å²) in [4.78, 5) is 4.08. The monoisotopic (exact) mass is 247 g/mol. The number of aromatic nitrogens is 2. The first-order chi connectivity index (χ1) is 8.58. The number of rotatable bonds is 4. The summed E-state index contributed by atoms with van der Waals surface area (Å²) in [6.07, 6.45) is 1.71. The molecule has 1 aromatic heterocycles. The van der Waals surface area contributed by atoms with E-state index in [0.29, 0.717) is 18.3 Å². The van der Waals surface area contributed by atoms with Crippen LogP contribution in [0.15, 0.2) is 30.5 Å². The highest BCUT2D eigenvalue weighted by molar-refractivity contribution is 5.32. The fourth-order valence-electron chi connectivity index (χ4n) is 1.85. The van der Waals surface area contributed by atoms with E-state index < -0.39 is 0 Å². The van der Waals surface area contributed by atoms with Gasteiger partial charge in [0, 0.05) is 12.1 Å². The Labute approximate surface area is 106 Å². The third kappa shape index (κ3) is 2.56. The molecule has 0 aliphatic rings. The SMILES string of the molecule is CC(C)n1c(COc2cccc(O)c2)cnc1N. The minimum absolute atomic E-state index is 0.185. The summed E-state index contributed by atoms with van der Waals surface area (Å²) in [5.74, 6) is 1.29. The Hall–Kier alpha value is -2.17. The van der Waals surface area contributed by atoms with E-state index in [1.807, 2.05) is 18.4 Å². The van der Waals surface area contributed by atoms with Crippen molar-refractivity contribution in [1.82, 2.24) is 9.55 Å². The predicted molar refractivity (Wildman–Crippen MR) is 69.5 cm³/mol. The molecule has 0 saturated carbocycles. The van der Waals surface area contributed by atoms with Crippen LogP contribution in [0.3, 0.4) is 0 Å². The Kier molecular flexibility index (Phi) is 3.41. The quantitative estimate of drug-likeness (QED) is 0.869. The van der Waals surface area contributed by atoms with E-state index in [1.165, 1.54) is 0 Å². The summed E-state index contributed by atoms with van der Waals surface area (Å²) in [5.41, 5.74) is 6.70. The second kappa shape index (κ2) is 5.00. The van der Waals surface area contributed by atoms with E-state index in [0.717, 1.165) is 5.69 Å². The van der Waals surface area contributed by atoms with E-state index in [2.05, 4.69) is 4.98 Å². The number of nitrogen functional groups attached to an aromatic ring is 1. The molecule has 0 saturated heterocycles. The first-order valence-corrected chi connectivity index (χ1v) is 5.81. The van der Waals surface area contributed by atoms with E-state index >= 15 is 0 Å². The molecule has 0 spiro atoms. The first-order valence-electron chi connectivity index (χ1n) is 5.81. The van der Waals surface area contributed by atoms with Crippen LogP contribution in [-0.4, -0.2) is 14.7 Å². The van der Waals surface area contributed by atoms with Gasteiger partial charge in [-0.3, -0.25) is 0 Å². The van der Waals surface area contributed by atoms with Crippen molar-refractivity contribution < 1.29 is 9.84 Å². The van der Waals surface area contributed by atoms with E-state index in [4.69, 9.17) is 10.5 Å². The lowest BCUT2D eigenvalue weighted by molar-refractivity contribution is 0.291. The number of imidazole rings is 1. The van der Waals surface area contributed by atoms with Crippen LogP contribution < -0.4 is 10.5 Å². The number of hydrogen-bond donors (Lipinski definition) is 2. The normalized spacial score (nSPS) is 10.8. The number of ether oxygens (including phenoxy) is 1. The lowest BCUT2D eigenvalue weighted by atomic mass is 10.3. The number of phenolic OH excluding ortho intramolecular Hbond substituents is 1. The van der Waals surface area contributed by atoms with Gasteiger partial charge in [-0.2, -0.15) is 0 Å². The highest BCUT2D eigenvalue weighted by Gasteiger charge is 2.10. The molecule has 0 fully saturated rings. The summed E-state index contributed by atoms with van der Waals surface area (Å²) in [6.45, 7) is 4.44. The number of phenols is 1. The molecule has 0 aliphatic carbocycles. The first kappa shape index (κ1) is 12.3. The van der Waals surface area contributed by atoms with Gasteiger partial charge in [-0.25, -0.2) is 4.98 Å². The van der Waals surface area contributed by atoms with Crippen LogP contribution in [0.5, 0.6) is 11.5 Å².